The Balaban J connectivity index is 0.00000312. The number of aromatic nitrogens is 1. The summed E-state index contributed by atoms with van der Waals surface area (Å²) in [6.45, 7) is 5.05. The van der Waals surface area contributed by atoms with Crippen LogP contribution in [0.25, 0.3) is 0 Å². The normalized spacial score (nSPS) is 10.0. The summed E-state index contributed by atoms with van der Waals surface area (Å²) in [6, 6.07) is 7.47. The number of nitrogens with one attached hydrogen (secondary N) is 1. The number of carbonyl (C=O) groups excluding carboxylic acids is 2. The number of benzene rings is 1. The summed E-state index contributed by atoms with van der Waals surface area (Å²) in [6.07, 6.45) is 0.665. The number of para-hydroxylation sites is 1. The van der Waals surface area contributed by atoms with Crippen molar-refractivity contribution in [3.63, 3.8) is 0 Å². The van der Waals surface area contributed by atoms with Crippen LogP contribution in [0, 0.1) is 0 Å². The Morgan fingerprint density at radius 1 is 1.32 bits per heavy atom. The topological polar surface area (TPSA) is 88.3 Å². The van der Waals surface area contributed by atoms with E-state index in [9.17, 15) is 9.59 Å². The quantitative estimate of drug-likeness (QED) is 0.770. The van der Waals surface area contributed by atoms with Crippen LogP contribution < -0.4 is 11.1 Å². The fourth-order valence-corrected chi connectivity index (χ4v) is 3.07. The van der Waals surface area contributed by atoms with E-state index in [1.807, 2.05) is 31.2 Å². The van der Waals surface area contributed by atoms with Crippen LogP contribution in [0.4, 0.5) is 5.69 Å². The lowest BCUT2D eigenvalue weighted by atomic mass is 10.1. The molecule has 2 rings (SSSR count). The highest BCUT2D eigenvalue weighted by atomic mass is 35.5. The summed E-state index contributed by atoms with van der Waals surface area (Å²) in [4.78, 5) is 30.0. The van der Waals surface area contributed by atoms with E-state index in [1.165, 1.54) is 11.3 Å². The maximum atomic E-state index is 12.4. The third-order valence-electron chi connectivity index (χ3n) is 3.60. The van der Waals surface area contributed by atoms with Crippen molar-refractivity contribution < 1.29 is 9.59 Å². The van der Waals surface area contributed by atoms with Crippen LogP contribution in [-0.4, -0.2) is 34.8 Å². The predicted octanol–water partition coefficient (Wildman–Crippen LogP) is 2.69. The fraction of sp³-hybridized carbons (Fsp3) is 0.353. The van der Waals surface area contributed by atoms with Crippen molar-refractivity contribution in [1.29, 1.82) is 0 Å². The molecule has 0 aliphatic rings. The average Bonchev–Trinajstić information content (AvgIpc) is 3.03. The van der Waals surface area contributed by atoms with Gasteiger partial charge in [-0.3, -0.25) is 9.59 Å². The highest BCUT2D eigenvalue weighted by Crippen LogP contribution is 2.19. The van der Waals surface area contributed by atoms with Gasteiger partial charge in [-0.05, 0) is 25.1 Å². The highest BCUT2D eigenvalue weighted by Gasteiger charge is 2.14. The molecule has 1 heterocycles. The SMILES string of the molecule is CCN(Cc1ccccc1NC(=O)c1csc(CCN)n1)C(C)=O.Cl. The van der Waals surface area contributed by atoms with Crippen LogP contribution >= 0.6 is 23.7 Å². The van der Waals surface area contributed by atoms with E-state index >= 15 is 0 Å². The van der Waals surface area contributed by atoms with E-state index in [2.05, 4.69) is 10.3 Å². The molecule has 0 aliphatic carbocycles. The third kappa shape index (κ3) is 5.81. The molecule has 6 nitrogen and oxygen atoms in total. The van der Waals surface area contributed by atoms with Crippen LogP contribution in [0.2, 0.25) is 0 Å². The molecule has 0 spiro atoms. The lowest BCUT2D eigenvalue weighted by Gasteiger charge is -2.20. The molecule has 0 radical (unpaired) electrons. The molecule has 0 atom stereocenters. The van der Waals surface area contributed by atoms with Gasteiger partial charge in [0.05, 0.1) is 5.01 Å². The Hall–Kier alpha value is -1.96. The molecule has 3 N–H and O–H groups in total. The molecule has 1 aromatic heterocycles. The van der Waals surface area contributed by atoms with Gasteiger partial charge >= 0.3 is 0 Å². The molecule has 136 valence electrons. The maximum Gasteiger partial charge on any atom is 0.275 e. The molecule has 25 heavy (non-hydrogen) atoms. The molecule has 2 amide bonds. The Kier molecular flexibility index (Phi) is 8.54. The summed E-state index contributed by atoms with van der Waals surface area (Å²) in [5.41, 5.74) is 7.47. The van der Waals surface area contributed by atoms with Crippen molar-refractivity contribution in [3.8, 4) is 0 Å². The number of thiazole rings is 1. The first kappa shape index (κ1) is 21.1. The van der Waals surface area contributed by atoms with Crippen LogP contribution in [-0.2, 0) is 17.8 Å². The Morgan fingerprint density at radius 3 is 2.68 bits per heavy atom. The second-order valence-electron chi connectivity index (χ2n) is 5.31. The van der Waals surface area contributed by atoms with Gasteiger partial charge in [-0.1, -0.05) is 18.2 Å². The molecule has 1 aromatic carbocycles. The zero-order chi connectivity index (χ0) is 17.5. The van der Waals surface area contributed by atoms with Gasteiger partial charge < -0.3 is 16.0 Å². The molecule has 0 fully saturated rings. The van der Waals surface area contributed by atoms with Gasteiger partial charge in [-0.15, -0.1) is 23.7 Å². The first-order valence-corrected chi connectivity index (χ1v) is 8.72. The molecule has 0 unspecified atom stereocenters. The number of nitrogens with zero attached hydrogens (tertiary/aromatic N) is 2. The van der Waals surface area contributed by atoms with Gasteiger partial charge in [0.15, 0.2) is 0 Å². The van der Waals surface area contributed by atoms with Crippen molar-refractivity contribution in [1.82, 2.24) is 9.88 Å². The Labute approximate surface area is 157 Å². The first-order valence-electron chi connectivity index (χ1n) is 7.84. The van der Waals surface area contributed by atoms with Crippen molar-refractivity contribution in [2.24, 2.45) is 5.73 Å². The molecular weight excluding hydrogens is 360 g/mol. The molecule has 0 aliphatic heterocycles. The van der Waals surface area contributed by atoms with E-state index in [-0.39, 0.29) is 24.2 Å². The van der Waals surface area contributed by atoms with Crippen molar-refractivity contribution in [2.75, 3.05) is 18.4 Å². The van der Waals surface area contributed by atoms with Crippen LogP contribution in [0.5, 0.6) is 0 Å². The van der Waals surface area contributed by atoms with Gasteiger partial charge in [-0.25, -0.2) is 4.98 Å². The predicted molar refractivity (Wildman–Crippen MR) is 103 cm³/mol. The summed E-state index contributed by atoms with van der Waals surface area (Å²) in [7, 11) is 0. The minimum absolute atomic E-state index is 0. The number of amides is 2. The number of hydrogen-bond donors (Lipinski definition) is 2. The largest absolute Gasteiger partial charge is 0.339 e. The monoisotopic (exact) mass is 382 g/mol. The van der Waals surface area contributed by atoms with Crippen LogP contribution in [0.3, 0.4) is 0 Å². The standard InChI is InChI=1S/C17H22N4O2S.ClH/c1-3-21(12(2)22)10-13-6-4-5-7-14(13)20-17(23)15-11-24-16(19-15)8-9-18;/h4-7,11H,3,8-10,18H2,1-2H3,(H,20,23);1H. The van der Waals surface area contributed by atoms with E-state index in [1.54, 1.807) is 17.2 Å². The van der Waals surface area contributed by atoms with Gasteiger partial charge in [0.1, 0.15) is 5.69 Å². The smallest absolute Gasteiger partial charge is 0.275 e. The van der Waals surface area contributed by atoms with Gasteiger partial charge in [-0.2, -0.15) is 0 Å². The molecule has 0 saturated carbocycles. The number of rotatable bonds is 7. The Bertz CT molecular complexity index is 720. The van der Waals surface area contributed by atoms with E-state index in [4.69, 9.17) is 5.73 Å². The minimum atomic E-state index is -0.257. The van der Waals surface area contributed by atoms with E-state index in [0.717, 1.165) is 10.6 Å². The van der Waals surface area contributed by atoms with Crippen molar-refractivity contribution >= 4 is 41.2 Å². The number of anilines is 1. The second kappa shape index (κ2) is 10.1. The third-order valence-corrected chi connectivity index (χ3v) is 4.51. The first-order chi connectivity index (χ1) is 11.5. The van der Waals surface area contributed by atoms with Gasteiger partial charge in [0.25, 0.3) is 5.91 Å². The molecule has 0 bridgehead atoms. The molecule has 8 heteroatoms. The number of nitrogens with two attached hydrogens (primary N) is 1. The molecule has 0 saturated heterocycles. The summed E-state index contributed by atoms with van der Waals surface area (Å²) >= 11 is 1.43. The number of hydrogen-bond acceptors (Lipinski definition) is 5. The van der Waals surface area contributed by atoms with Crippen molar-refractivity contribution in [2.45, 2.75) is 26.8 Å². The minimum Gasteiger partial charge on any atom is -0.339 e. The summed E-state index contributed by atoms with van der Waals surface area (Å²) in [5.74, 6) is -0.252. The van der Waals surface area contributed by atoms with Gasteiger partial charge in [0.2, 0.25) is 5.91 Å². The van der Waals surface area contributed by atoms with Crippen molar-refractivity contribution in [3.05, 3.63) is 45.9 Å². The lowest BCUT2D eigenvalue weighted by molar-refractivity contribution is -0.129. The summed E-state index contributed by atoms with van der Waals surface area (Å²) in [5, 5.41) is 5.47. The fourth-order valence-electron chi connectivity index (χ4n) is 2.27. The molecular formula is C17H23ClN4O2S. The van der Waals surface area contributed by atoms with Crippen LogP contribution in [0.15, 0.2) is 29.6 Å². The van der Waals surface area contributed by atoms with E-state index < -0.39 is 0 Å². The van der Waals surface area contributed by atoms with Gasteiger partial charge in [0, 0.05) is 37.5 Å². The van der Waals surface area contributed by atoms with Crippen LogP contribution in [0.1, 0.15) is 34.9 Å². The molecule has 2 aromatic rings. The number of carbonyl (C=O) groups is 2. The Morgan fingerprint density at radius 2 is 2.04 bits per heavy atom. The lowest BCUT2D eigenvalue weighted by Crippen LogP contribution is -2.28. The average molecular weight is 383 g/mol. The second-order valence-corrected chi connectivity index (χ2v) is 6.25. The summed E-state index contributed by atoms with van der Waals surface area (Å²) < 4.78 is 0. The zero-order valence-corrected chi connectivity index (χ0v) is 16.0. The zero-order valence-electron chi connectivity index (χ0n) is 14.3. The maximum absolute atomic E-state index is 12.4. The highest BCUT2D eigenvalue weighted by molar-refractivity contribution is 7.09. The van der Waals surface area contributed by atoms with E-state index in [0.29, 0.717) is 37.4 Å². The number of halogens is 1.